The zero-order valence-electron chi connectivity index (χ0n) is 10.1. The number of carbonyl (C=O) groups excluding carboxylic acids is 1. The molecule has 1 aromatic heterocycles. The molecule has 17 heavy (non-hydrogen) atoms. The molecule has 0 amide bonds. The van der Waals surface area contributed by atoms with Crippen molar-refractivity contribution in [3.63, 3.8) is 0 Å². The molecule has 2 nitrogen and oxygen atoms in total. The number of Topliss-reactive ketones (excluding diaryl/α,β-unsaturated/α-hetero) is 1. The Hall–Kier alpha value is -1.57. The summed E-state index contributed by atoms with van der Waals surface area (Å²) in [7, 11) is 0. The van der Waals surface area contributed by atoms with E-state index >= 15 is 0 Å². The maximum atomic E-state index is 11.3. The molecule has 1 aliphatic carbocycles. The van der Waals surface area contributed by atoms with Crippen LogP contribution in [0.5, 0.6) is 0 Å². The van der Waals surface area contributed by atoms with Crippen molar-refractivity contribution in [2.45, 2.75) is 38.6 Å². The summed E-state index contributed by atoms with van der Waals surface area (Å²) in [5, 5.41) is 1.18. The van der Waals surface area contributed by atoms with Gasteiger partial charge in [-0.15, -0.1) is 0 Å². The van der Waals surface area contributed by atoms with E-state index in [2.05, 4.69) is 22.9 Å². The molecule has 0 aliphatic heterocycles. The second-order valence-corrected chi connectivity index (χ2v) is 4.99. The molecule has 0 bridgehead atoms. The van der Waals surface area contributed by atoms with Gasteiger partial charge >= 0.3 is 0 Å². The third-order valence-corrected chi connectivity index (χ3v) is 3.85. The number of hydrogen-bond acceptors (Lipinski definition) is 1. The lowest BCUT2D eigenvalue weighted by atomic mass is 10.1. The lowest BCUT2D eigenvalue weighted by molar-refractivity contribution is 0.101. The summed E-state index contributed by atoms with van der Waals surface area (Å²) in [6.45, 7) is 1.62. The maximum absolute atomic E-state index is 11.3. The van der Waals surface area contributed by atoms with Crippen LogP contribution in [0.15, 0.2) is 30.5 Å². The summed E-state index contributed by atoms with van der Waals surface area (Å²) in [5.74, 6) is 0.139. The van der Waals surface area contributed by atoms with Crippen molar-refractivity contribution in [2.24, 2.45) is 0 Å². The van der Waals surface area contributed by atoms with E-state index in [0.717, 1.165) is 5.56 Å². The van der Waals surface area contributed by atoms with E-state index in [1.54, 1.807) is 6.92 Å². The smallest absolute Gasteiger partial charge is 0.159 e. The van der Waals surface area contributed by atoms with Gasteiger partial charge in [0, 0.05) is 28.7 Å². The van der Waals surface area contributed by atoms with E-state index in [1.165, 1.54) is 36.6 Å². The molecule has 0 unspecified atom stereocenters. The van der Waals surface area contributed by atoms with Crippen molar-refractivity contribution in [2.75, 3.05) is 0 Å². The molecule has 3 rings (SSSR count). The third-order valence-electron chi connectivity index (χ3n) is 3.85. The number of rotatable bonds is 2. The molecule has 0 atom stereocenters. The highest BCUT2D eigenvalue weighted by atomic mass is 16.1. The second kappa shape index (κ2) is 4.02. The number of ketones is 1. The second-order valence-electron chi connectivity index (χ2n) is 4.99. The predicted molar refractivity (Wildman–Crippen MR) is 69.4 cm³/mol. The maximum Gasteiger partial charge on any atom is 0.159 e. The summed E-state index contributed by atoms with van der Waals surface area (Å²) < 4.78 is 2.38. The predicted octanol–water partition coefficient (Wildman–Crippen LogP) is 3.96. The van der Waals surface area contributed by atoms with Crippen LogP contribution in [0.2, 0.25) is 0 Å². The molecule has 2 heteroatoms. The molecule has 0 N–H and O–H groups in total. The van der Waals surface area contributed by atoms with Gasteiger partial charge in [0.15, 0.2) is 5.78 Å². The first-order valence-corrected chi connectivity index (χ1v) is 6.37. The Balaban J connectivity index is 2.07. The Bertz CT molecular complexity index is 561. The number of aromatic nitrogens is 1. The van der Waals surface area contributed by atoms with Gasteiger partial charge in [-0.2, -0.15) is 0 Å². The Morgan fingerprint density at radius 1 is 1.24 bits per heavy atom. The Labute approximate surface area is 101 Å². The fraction of sp³-hybridized carbons (Fsp3) is 0.400. The number of benzene rings is 1. The highest BCUT2D eigenvalue weighted by molar-refractivity contribution is 5.98. The number of fused-ring (bicyclic) bond motifs is 1. The quantitative estimate of drug-likeness (QED) is 0.712. The van der Waals surface area contributed by atoms with E-state index in [1.807, 2.05) is 12.1 Å². The van der Waals surface area contributed by atoms with Gasteiger partial charge in [0.1, 0.15) is 0 Å². The van der Waals surface area contributed by atoms with Crippen LogP contribution in [0.4, 0.5) is 0 Å². The molecular weight excluding hydrogens is 210 g/mol. The minimum Gasteiger partial charge on any atom is -0.344 e. The van der Waals surface area contributed by atoms with Crippen molar-refractivity contribution in [1.82, 2.24) is 4.57 Å². The van der Waals surface area contributed by atoms with Crippen LogP contribution < -0.4 is 0 Å². The van der Waals surface area contributed by atoms with Gasteiger partial charge in [0.2, 0.25) is 0 Å². The van der Waals surface area contributed by atoms with Crippen molar-refractivity contribution in [1.29, 1.82) is 0 Å². The zero-order valence-corrected chi connectivity index (χ0v) is 10.1. The molecular formula is C15H17NO. The van der Waals surface area contributed by atoms with Gasteiger partial charge in [-0.05, 0) is 44.0 Å². The number of hydrogen-bond donors (Lipinski definition) is 0. The van der Waals surface area contributed by atoms with Crippen LogP contribution in [-0.4, -0.2) is 10.4 Å². The van der Waals surface area contributed by atoms with Crippen molar-refractivity contribution < 1.29 is 4.79 Å². The molecule has 1 heterocycles. The lowest BCUT2D eigenvalue weighted by Crippen LogP contribution is -2.02. The highest BCUT2D eigenvalue weighted by Crippen LogP contribution is 2.32. The molecule has 0 radical (unpaired) electrons. The van der Waals surface area contributed by atoms with Gasteiger partial charge < -0.3 is 4.57 Å². The van der Waals surface area contributed by atoms with Crippen LogP contribution in [-0.2, 0) is 0 Å². The van der Waals surface area contributed by atoms with E-state index in [0.29, 0.717) is 6.04 Å². The fourth-order valence-corrected chi connectivity index (χ4v) is 2.88. The van der Waals surface area contributed by atoms with E-state index in [9.17, 15) is 4.79 Å². The molecule has 1 aliphatic rings. The molecule has 1 aromatic carbocycles. The summed E-state index contributed by atoms with van der Waals surface area (Å²) in [6.07, 6.45) is 7.44. The van der Waals surface area contributed by atoms with Gasteiger partial charge in [0.05, 0.1) is 0 Å². The molecule has 1 fully saturated rings. The van der Waals surface area contributed by atoms with Gasteiger partial charge in [-0.25, -0.2) is 0 Å². The normalized spacial score (nSPS) is 16.8. The first kappa shape index (κ1) is 10.6. The summed E-state index contributed by atoms with van der Waals surface area (Å²) in [5.41, 5.74) is 2.07. The van der Waals surface area contributed by atoms with Crippen LogP contribution in [0.25, 0.3) is 10.9 Å². The lowest BCUT2D eigenvalue weighted by Gasteiger charge is -2.13. The topological polar surface area (TPSA) is 22.0 Å². The average molecular weight is 227 g/mol. The average Bonchev–Trinajstić information content (AvgIpc) is 2.96. The van der Waals surface area contributed by atoms with E-state index in [4.69, 9.17) is 0 Å². The largest absolute Gasteiger partial charge is 0.344 e. The molecule has 2 aromatic rings. The first-order valence-electron chi connectivity index (χ1n) is 6.37. The SMILES string of the molecule is CC(=O)c1ccc2c(ccn2C2CCCC2)c1. The molecule has 88 valence electrons. The van der Waals surface area contributed by atoms with Crippen molar-refractivity contribution in [3.8, 4) is 0 Å². The molecule has 0 spiro atoms. The van der Waals surface area contributed by atoms with Crippen LogP contribution in [0, 0.1) is 0 Å². The monoisotopic (exact) mass is 227 g/mol. The van der Waals surface area contributed by atoms with E-state index in [-0.39, 0.29) is 5.78 Å². The first-order chi connectivity index (χ1) is 8.25. The number of nitrogens with zero attached hydrogens (tertiary/aromatic N) is 1. The minimum absolute atomic E-state index is 0.139. The van der Waals surface area contributed by atoms with Gasteiger partial charge in [0.25, 0.3) is 0 Å². The Kier molecular flexibility index (Phi) is 2.50. The summed E-state index contributed by atoms with van der Waals surface area (Å²) >= 11 is 0. The third kappa shape index (κ3) is 1.78. The number of carbonyl (C=O) groups is 1. The van der Waals surface area contributed by atoms with Crippen LogP contribution in [0.1, 0.15) is 49.0 Å². The van der Waals surface area contributed by atoms with E-state index < -0.39 is 0 Å². The summed E-state index contributed by atoms with van der Waals surface area (Å²) in [6, 6.07) is 8.82. The van der Waals surface area contributed by atoms with Crippen LogP contribution >= 0.6 is 0 Å². The van der Waals surface area contributed by atoms with Crippen molar-refractivity contribution >= 4 is 16.7 Å². The molecule has 0 saturated heterocycles. The summed E-state index contributed by atoms with van der Waals surface area (Å²) in [4.78, 5) is 11.3. The minimum atomic E-state index is 0.139. The van der Waals surface area contributed by atoms with Crippen molar-refractivity contribution in [3.05, 3.63) is 36.0 Å². The molecule has 1 saturated carbocycles. The highest BCUT2D eigenvalue weighted by Gasteiger charge is 2.18. The Morgan fingerprint density at radius 2 is 2.00 bits per heavy atom. The van der Waals surface area contributed by atoms with Crippen LogP contribution in [0.3, 0.4) is 0 Å². The van der Waals surface area contributed by atoms with Gasteiger partial charge in [-0.1, -0.05) is 12.8 Å². The zero-order chi connectivity index (χ0) is 11.8. The standard InChI is InChI=1S/C15H17NO/c1-11(17)12-6-7-15-13(10-12)8-9-16(15)14-4-2-3-5-14/h6-10,14H,2-5H2,1H3. The van der Waals surface area contributed by atoms with Gasteiger partial charge in [-0.3, -0.25) is 4.79 Å². The fourth-order valence-electron chi connectivity index (χ4n) is 2.88. The Morgan fingerprint density at radius 3 is 2.71 bits per heavy atom.